The van der Waals surface area contributed by atoms with Crippen LogP contribution < -0.4 is 0 Å². The number of carboxylic acids is 1. The summed E-state index contributed by atoms with van der Waals surface area (Å²) in [5.41, 5.74) is -0.327. The van der Waals surface area contributed by atoms with Gasteiger partial charge in [0.2, 0.25) is 5.91 Å². The fraction of sp³-hybridized carbons (Fsp3) is 0.600. The molecular formula is C20H25FN2O3. The number of fused-ring (bicyclic) bond motifs is 1. The number of amides is 1. The van der Waals surface area contributed by atoms with E-state index in [-0.39, 0.29) is 30.1 Å². The number of benzene rings is 1. The van der Waals surface area contributed by atoms with Crippen LogP contribution in [0.3, 0.4) is 0 Å². The van der Waals surface area contributed by atoms with Crippen LogP contribution in [0.2, 0.25) is 0 Å². The third kappa shape index (κ3) is 2.90. The van der Waals surface area contributed by atoms with Crippen LogP contribution in [0.4, 0.5) is 4.39 Å². The van der Waals surface area contributed by atoms with Crippen LogP contribution in [-0.2, 0) is 16.1 Å². The van der Waals surface area contributed by atoms with Crippen molar-refractivity contribution >= 4 is 11.9 Å². The average Bonchev–Trinajstić information content (AvgIpc) is 3.30. The monoisotopic (exact) mass is 360 g/mol. The topological polar surface area (TPSA) is 60.9 Å². The van der Waals surface area contributed by atoms with Gasteiger partial charge in [-0.25, -0.2) is 4.39 Å². The SMILES string of the molecule is O=C(C1CCCC1)N1C[C@@H]2CN(Cc3ccccc3F)C[C@]2(C(=O)O)C1. The van der Waals surface area contributed by atoms with Crippen molar-refractivity contribution in [2.45, 2.75) is 32.2 Å². The zero-order valence-electron chi connectivity index (χ0n) is 14.9. The maximum absolute atomic E-state index is 13.9. The van der Waals surface area contributed by atoms with E-state index in [9.17, 15) is 19.1 Å². The molecule has 1 aromatic rings. The summed E-state index contributed by atoms with van der Waals surface area (Å²) in [6.07, 6.45) is 4.04. The zero-order chi connectivity index (χ0) is 18.3. The number of aliphatic carboxylic acids is 1. The third-order valence-corrected chi connectivity index (χ3v) is 6.47. The smallest absolute Gasteiger partial charge is 0.313 e. The highest BCUT2D eigenvalue weighted by atomic mass is 19.1. The standard InChI is InChI=1S/C20H25FN2O3/c21-17-8-4-3-7-15(17)9-22-10-16-11-23(13-20(16,12-22)19(25)26)18(24)14-5-1-2-6-14/h3-4,7-8,14,16H,1-2,5-6,9-13H2,(H,25,26)/t16-,20-/m0/s1. The molecule has 26 heavy (non-hydrogen) atoms. The van der Waals surface area contributed by atoms with Crippen LogP contribution in [-0.4, -0.2) is 53.0 Å². The molecular weight excluding hydrogens is 335 g/mol. The molecule has 3 aliphatic rings. The number of likely N-dealkylation sites (tertiary alicyclic amines) is 2. The quantitative estimate of drug-likeness (QED) is 0.895. The highest BCUT2D eigenvalue weighted by Gasteiger charge is 2.58. The lowest BCUT2D eigenvalue weighted by atomic mass is 9.81. The van der Waals surface area contributed by atoms with Crippen LogP contribution >= 0.6 is 0 Å². The lowest BCUT2D eigenvalue weighted by molar-refractivity contribution is -0.149. The van der Waals surface area contributed by atoms with Gasteiger partial charge < -0.3 is 10.0 Å². The van der Waals surface area contributed by atoms with Gasteiger partial charge in [-0.1, -0.05) is 31.0 Å². The largest absolute Gasteiger partial charge is 0.481 e. The fourth-order valence-electron chi connectivity index (χ4n) is 5.06. The van der Waals surface area contributed by atoms with E-state index in [0.717, 1.165) is 25.7 Å². The molecule has 2 saturated heterocycles. The van der Waals surface area contributed by atoms with E-state index in [0.29, 0.717) is 31.7 Å². The van der Waals surface area contributed by atoms with Gasteiger partial charge in [0.15, 0.2) is 0 Å². The van der Waals surface area contributed by atoms with Crippen molar-refractivity contribution in [2.24, 2.45) is 17.3 Å². The second-order valence-corrected chi connectivity index (χ2v) is 8.12. The van der Waals surface area contributed by atoms with E-state index in [4.69, 9.17) is 0 Å². The molecule has 5 nitrogen and oxygen atoms in total. The molecule has 2 atom stereocenters. The summed E-state index contributed by atoms with van der Waals surface area (Å²) in [7, 11) is 0. The molecule has 0 spiro atoms. The van der Waals surface area contributed by atoms with Crippen molar-refractivity contribution < 1.29 is 19.1 Å². The van der Waals surface area contributed by atoms with E-state index in [2.05, 4.69) is 0 Å². The maximum atomic E-state index is 13.9. The minimum Gasteiger partial charge on any atom is -0.481 e. The molecule has 0 radical (unpaired) electrons. The van der Waals surface area contributed by atoms with Gasteiger partial charge in [-0.2, -0.15) is 0 Å². The summed E-state index contributed by atoms with van der Waals surface area (Å²) >= 11 is 0. The molecule has 2 aliphatic heterocycles. The molecule has 6 heteroatoms. The molecule has 0 aromatic heterocycles. The Labute approximate surface area is 152 Å². The molecule has 0 unspecified atom stereocenters. The Kier molecular flexibility index (Phi) is 4.47. The highest BCUT2D eigenvalue weighted by molar-refractivity contribution is 5.83. The molecule has 0 bridgehead atoms. The van der Waals surface area contributed by atoms with Crippen LogP contribution in [0, 0.1) is 23.1 Å². The summed E-state index contributed by atoms with van der Waals surface area (Å²) in [5, 5.41) is 9.94. The van der Waals surface area contributed by atoms with Crippen molar-refractivity contribution in [1.82, 2.24) is 9.80 Å². The summed E-state index contributed by atoms with van der Waals surface area (Å²) in [4.78, 5) is 28.7. The van der Waals surface area contributed by atoms with Gasteiger partial charge in [-0.3, -0.25) is 14.5 Å². The Bertz CT molecular complexity index is 719. The molecule has 140 valence electrons. The highest BCUT2D eigenvalue weighted by Crippen LogP contribution is 2.44. The number of carbonyl (C=O) groups excluding carboxylic acids is 1. The number of rotatable bonds is 4. The Balaban J connectivity index is 1.47. The Morgan fingerprint density at radius 1 is 1.15 bits per heavy atom. The molecule has 1 amide bonds. The summed E-state index contributed by atoms with van der Waals surface area (Å²) in [6, 6.07) is 6.63. The molecule has 4 rings (SSSR count). The normalized spacial score (nSPS) is 29.3. The first-order valence-corrected chi connectivity index (χ1v) is 9.47. The number of nitrogens with zero attached hydrogens (tertiary/aromatic N) is 2. The average molecular weight is 360 g/mol. The summed E-state index contributed by atoms with van der Waals surface area (Å²) in [6.45, 7) is 2.17. The first-order chi connectivity index (χ1) is 12.5. The van der Waals surface area contributed by atoms with E-state index >= 15 is 0 Å². The molecule has 1 aliphatic carbocycles. The summed E-state index contributed by atoms with van der Waals surface area (Å²) < 4.78 is 13.9. The van der Waals surface area contributed by atoms with E-state index in [1.165, 1.54) is 6.07 Å². The van der Waals surface area contributed by atoms with Gasteiger partial charge in [-0.15, -0.1) is 0 Å². The van der Waals surface area contributed by atoms with Crippen molar-refractivity contribution in [3.63, 3.8) is 0 Å². The molecule has 1 saturated carbocycles. The fourth-order valence-corrected chi connectivity index (χ4v) is 5.06. The number of hydrogen-bond acceptors (Lipinski definition) is 3. The van der Waals surface area contributed by atoms with Crippen LogP contribution in [0.1, 0.15) is 31.2 Å². The van der Waals surface area contributed by atoms with Gasteiger partial charge in [0.1, 0.15) is 11.2 Å². The maximum Gasteiger partial charge on any atom is 0.313 e. The molecule has 3 fully saturated rings. The first-order valence-electron chi connectivity index (χ1n) is 9.47. The Hall–Kier alpha value is -1.95. The zero-order valence-corrected chi connectivity index (χ0v) is 14.9. The van der Waals surface area contributed by atoms with Gasteiger partial charge in [0.05, 0.1) is 0 Å². The molecule has 1 N–H and O–H groups in total. The second kappa shape index (κ2) is 6.65. The predicted molar refractivity (Wildman–Crippen MR) is 93.8 cm³/mol. The van der Waals surface area contributed by atoms with Gasteiger partial charge in [-0.05, 0) is 18.9 Å². The van der Waals surface area contributed by atoms with Crippen LogP contribution in [0.15, 0.2) is 24.3 Å². The van der Waals surface area contributed by atoms with Gasteiger partial charge in [0.25, 0.3) is 0 Å². The minimum absolute atomic E-state index is 0.0780. The van der Waals surface area contributed by atoms with Crippen LogP contribution in [0.5, 0.6) is 0 Å². The predicted octanol–water partition coefficient (Wildman–Crippen LogP) is 2.36. The van der Waals surface area contributed by atoms with Gasteiger partial charge >= 0.3 is 5.97 Å². The number of hydrogen-bond donors (Lipinski definition) is 1. The van der Waals surface area contributed by atoms with Crippen LogP contribution in [0.25, 0.3) is 0 Å². The van der Waals surface area contributed by atoms with Crippen molar-refractivity contribution in [1.29, 1.82) is 0 Å². The number of carbonyl (C=O) groups is 2. The number of halogens is 1. The lowest BCUT2D eigenvalue weighted by Crippen LogP contribution is -2.43. The van der Waals surface area contributed by atoms with E-state index in [1.807, 2.05) is 4.90 Å². The second-order valence-electron chi connectivity index (χ2n) is 8.12. The number of carboxylic acid groups (broad SMARTS) is 1. The van der Waals surface area contributed by atoms with E-state index < -0.39 is 11.4 Å². The van der Waals surface area contributed by atoms with Crippen molar-refractivity contribution in [3.8, 4) is 0 Å². The summed E-state index contributed by atoms with van der Waals surface area (Å²) in [5.74, 6) is -0.961. The Morgan fingerprint density at radius 3 is 2.54 bits per heavy atom. The van der Waals surface area contributed by atoms with E-state index in [1.54, 1.807) is 23.1 Å². The Morgan fingerprint density at radius 2 is 1.88 bits per heavy atom. The molecule has 1 aromatic carbocycles. The molecule has 2 heterocycles. The minimum atomic E-state index is -0.917. The van der Waals surface area contributed by atoms with Gasteiger partial charge in [0, 0.05) is 50.1 Å². The van der Waals surface area contributed by atoms with Crippen molar-refractivity contribution in [2.75, 3.05) is 26.2 Å². The third-order valence-electron chi connectivity index (χ3n) is 6.47. The van der Waals surface area contributed by atoms with Crippen molar-refractivity contribution in [3.05, 3.63) is 35.6 Å². The first kappa shape index (κ1) is 17.5. The lowest BCUT2D eigenvalue weighted by Gasteiger charge is -2.27.